The molecule has 0 unspecified atom stereocenters. The van der Waals surface area contributed by atoms with Gasteiger partial charge in [0.25, 0.3) is 5.56 Å². The first-order chi connectivity index (χ1) is 8.74. The minimum Gasteiger partial charge on any atom is -0.372 e. The quantitative estimate of drug-likeness (QED) is 0.805. The Morgan fingerprint density at radius 2 is 2.00 bits per heavy atom. The Morgan fingerprint density at radius 3 is 2.78 bits per heavy atom. The zero-order valence-electron chi connectivity index (χ0n) is 9.95. The molecule has 1 aliphatic rings. The fraction of sp³-hybridized carbons (Fsp3) is 0.385. The van der Waals surface area contributed by atoms with E-state index in [1.807, 2.05) is 18.2 Å². The molecule has 18 heavy (non-hydrogen) atoms. The third-order valence-corrected chi connectivity index (χ3v) is 3.56. The molecule has 1 aromatic heterocycles. The lowest BCUT2D eigenvalue weighted by Crippen LogP contribution is -2.29. The van der Waals surface area contributed by atoms with Crippen molar-refractivity contribution in [1.82, 2.24) is 9.97 Å². The first-order valence-corrected chi connectivity index (χ1v) is 6.56. The van der Waals surface area contributed by atoms with Crippen LogP contribution in [0.4, 0.5) is 5.69 Å². The molecule has 0 amide bonds. The van der Waals surface area contributed by atoms with E-state index >= 15 is 0 Å². The third-order valence-electron chi connectivity index (χ3n) is 3.38. The molecule has 0 spiro atoms. The maximum Gasteiger partial charge on any atom is 0.259 e. The van der Waals surface area contributed by atoms with Crippen LogP contribution in [0.15, 0.2) is 23.0 Å². The molecule has 1 aliphatic heterocycles. The summed E-state index contributed by atoms with van der Waals surface area (Å²) in [5.41, 5.74) is 1.56. The van der Waals surface area contributed by atoms with Crippen LogP contribution in [0, 0.1) is 0 Å². The number of hydrogen-bond acceptors (Lipinski definition) is 3. The van der Waals surface area contributed by atoms with Crippen LogP contribution >= 0.6 is 11.6 Å². The first-order valence-electron chi connectivity index (χ1n) is 6.18. The monoisotopic (exact) mass is 263 g/mol. The number of halogens is 1. The van der Waals surface area contributed by atoms with E-state index in [9.17, 15) is 4.79 Å². The zero-order valence-corrected chi connectivity index (χ0v) is 10.7. The van der Waals surface area contributed by atoms with Gasteiger partial charge in [-0.1, -0.05) is 0 Å². The molecule has 3 rings (SSSR count). The number of benzene rings is 1. The van der Waals surface area contributed by atoms with Crippen molar-refractivity contribution < 1.29 is 0 Å². The highest BCUT2D eigenvalue weighted by Crippen LogP contribution is 2.22. The summed E-state index contributed by atoms with van der Waals surface area (Å²) >= 11 is 5.74. The predicted molar refractivity (Wildman–Crippen MR) is 73.4 cm³/mol. The van der Waals surface area contributed by atoms with Crippen LogP contribution in [-0.4, -0.2) is 23.1 Å². The van der Waals surface area contributed by atoms with E-state index in [1.165, 1.54) is 19.3 Å². The van der Waals surface area contributed by atoms with E-state index in [1.54, 1.807) is 0 Å². The topological polar surface area (TPSA) is 49.0 Å². The number of anilines is 1. The summed E-state index contributed by atoms with van der Waals surface area (Å²) < 4.78 is 0. The van der Waals surface area contributed by atoms with Gasteiger partial charge in [0.05, 0.1) is 10.9 Å². The summed E-state index contributed by atoms with van der Waals surface area (Å²) in [5.74, 6) is 0. The molecule has 0 radical (unpaired) electrons. The molecule has 1 aromatic carbocycles. The molecule has 1 saturated heterocycles. The Kier molecular flexibility index (Phi) is 2.96. The van der Waals surface area contributed by atoms with Crippen molar-refractivity contribution in [2.75, 3.05) is 18.0 Å². The average Bonchev–Trinajstić information content (AvgIpc) is 2.39. The molecule has 0 aliphatic carbocycles. The lowest BCUT2D eigenvalue weighted by atomic mass is 10.1. The third kappa shape index (κ3) is 2.08. The Labute approximate surface area is 110 Å². The van der Waals surface area contributed by atoms with Crippen molar-refractivity contribution in [3.63, 3.8) is 0 Å². The van der Waals surface area contributed by atoms with Crippen molar-refractivity contribution in [1.29, 1.82) is 0 Å². The normalized spacial score (nSPS) is 16.2. The van der Waals surface area contributed by atoms with Crippen molar-refractivity contribution in [3.05, 3.63) is 33.8 Å². The summed E-state index contributed by atoms with van der Waals surface area (Å²) in [6, 6.07) is 5.78. The lowest BCUT2D eigenvalue weighted by molar-refractivity contribution is 0.578. The largest absolute Gasteiger partial charge is 0.372 e. The van der Waals surface area contributed by atoms with Gasteiger partial charge < -0.3 is 4.90 Å². The molecule has 5 heteroatoms. The maximum atomic E-state index is 11.8. The highest BCUT2D eigenvalue weighted by Gasteiger charge is 2.12. The second-order valence-corrected chi connectivity index (χ2v) is 4.96. The van der Waals surface area contributed by atoms with E-state index in [4.69, 9.17) is 11.6 Å². The van der Waals surface area contributed by atoms with Gasteiger partial charge in [-0.25, -0.2) is 4.98 Å². The van der Waals surface area contributed by atoms with Gasteiger partial charge in [0.2, 0.25) is 5.28 Å². The van der Waals surface area contributed by atoms with E-state index in [0.29, 0.717) is 10.9 Å². The van der Waals surface area contributed by atoms with Crippen molar-refractivity contribution in [3.8, 4) is 0 Å². The van der Waals surface area contributed by atoms with E-state index in [0.717, 1.165) is 18.8 Å². The van der Waals surface area contributed by atoms with Gasteiger partial charge in [0.15, 0.2) is 0 Å². The van der Waals surface area contributed by atoms with E-state index in [2.05, 4.69) is 14.9 Å². The summed E-state index contributed by atoms with van der Waals surface area (Å²) in [5, 5.41) is 0.737. The van der Waals surface area contributed by atoms with Crippen molar-refractivity contribution in [2.24, 2.45) is 0 Å². The van der Waals surface area contributed by atoms with Gasteiger partial charge in [-0.3, -0.25) is 9.78 Å². The van der Waals surface area contributed by atoms with Crippen LogP contribution in [0.1, 0.15) is 19.3 Å². The van der Waals surface area contributed by atoms with Crippen LogP contribution in [0.3, 0.4) is 0 Å². The second kappa shape index (κ2) is 4.61. The van der Waals surface area contributed by atoms with Crippen molar-refractivity contribution >= 4 is 28.2 Å². The Morgan fingerprint density at radius 1 is 1.22 bits per heavy atom. The van der Waals surface area contributed by atoms with Gasteiger partial charge in [-0.15, -0.1) is 0 Å². The number of aromatic nitrogens is 2. The van der Waals surface area contributed by atoms with Crippen LogP contribution < -0.4 is 10.5 Å². The molecule has 1 N–H and O–H groups in total. The van der Waals surface area contributed by atoms with Gasteiger partial charge in [0.1, 0.15) is 0 Å². The number of fused-ring (bicyclic) bond motifs is 1. The standard InChI is InChI=1S/C13H14ClN3O/c14-13-15-11-5-4-9(8-10(11)12(18)16-13)17-6-2-1-3-7-17/h4-5,8H,1-3,6-7H2,(H,15,16,18). The Hall–Kier alpha value is -1.55. The number of H-pyrrole nitrogens is 1. The lowest BCUT2D eigenvalue weighted by Gasteiger charge is -2.28. The molecule has 0 saturated carbocycles. The molecule has 4 nitrogen and oxygen atoms in total. The predicted octanol–water partition coefficient (Wildman–Crippen LogP) is 2.57. The summed E-state index contributed by atoms with van der Waals surface area (Å²) in [6.45, 7) is 2.12. The highest BCUT2D eigenvalue weighted by molar-refractivity contribution is 6.28. The average molecular weight is 264 g/mol. The molecule has 0 atom stereocenters. The van der Waals surface area contributed by atoms with Crippen molar-refractivity contribution in [2.45, 2.75) is 19.3 Å². The summed E-state index contributed by atoms with van der Waals surface area (Å²) in [7, 11) is 0. The van der Waals surface area contributed by atoms with E-state index in [-0.39, 0.29) is 10.8 Å². The SMILES string of the molecule is O=c1[nH]c(Cl)nc2ccc(N3CCCCC3)cc12. The number of aromatic amines is 1. The molecule has 1 fully saturated rings. The molecule has 0 bridgehead atoms. The van der Waals surface area contributed by atoms with E-state index < -0.39 is 0 Å². The molecule has 94 valence electrons. The highest BCUT2D eigenvalue weighted by atomic mass is 35.5. The molecule has 2 aromatic rings. The number of piperidine rings is 1. The fourth-order valence-corrected chi connectivity index (χ4v) is 2.62. The van der Waals surface area contributed by atoms with Gasteiger partial charge in [0, 0.05) is 18.8 Å². The second-order valence-electron chi connectivity index (χ2n) is 4.61. The first kappa shape index (κ1) is 11.5. The maximum absolute atomic E-state index is 11.8. The van der Waals surface area contributed by atoms with Gasteiger partial charge >= 0.3 is 0 Å². The van der Waals surface area contributed by atoms with Crippen LogP contribution in [0.5, 0.6) is 0 Å². The molecular formula is C13H14ClN3O. The Bertz CT molecular complexity index is 632. The van der Waals surface area contributed by atoms with Crippen LogP contribution in [0.2, 0.25) is 5.28 Å². The summed E-state index contributed by atoms with van der Waals surface area (Å²) in [4.78, 5) is 20.8. The minimum atomic E-state index is -0.177. The molecule has 2 heterocycles. The van der Waals surface area contributed by atoms with Gasteiger partial charge in [-0.2, -0.15) is 0 Å². The smallest absolute Gasteiger partial charge is 0.259 e. The number of nitrogens with one attached hydrogen (secondary N) is 1. The fourth-order valence-electron chi connectivity index (χ4n) is 2.45. The molecular weight excluding hydrogens is 250 g/mol. The van der Waals surface area contributed by atoms with Gasteiger partial charge in [-0.05, 0) is 49.1 Å². The van der Waals surface area contributed by atoms with Crippen LogP contribution in [-0.2, 0) is 0 Å². The van der Waals surface area contributed by atoms with Crippen LogP contribution in [0.25, 0.3) is 10.9 Å². The Balaban J connectivity index is 2.07. The number of hydrogen-bond donors (Lipinski definition) is 1. The minimum absolute atomic E-state index is 0.137. The zero-order chi connectivity index (χ0) is 12.5. The summed E-state index contributed by atoms with van der Waals surface area (Å²) in [6.07, 6.45) is 3.72. The number of nitrogens with zero attached hydrogens (tertiary/aromatic N) is 2. The number of rotatable bonds is 1.